The standard InChI is InChI=1S/C26H25N3O3S/c30-24(28-14-6-10-21(28)23-27-20-9-4-5-11-22(20)33-23)16-12-13-18-19(15-16)26(32)29(25(18)31)17-7-2-1-3-8-17/h4-5,9,11-13,15,17,21H,1-3,6-8,10,14H2. The van der Waals surface area contributed by atoms with Crippen LogP contribution in [0.3, 0.4) is 0 Å². The van der Waals surface area contributed by atoms with E-state index in [1.54, 1.807) is 29.5 Å². The molecule has 0 bridgehead atoms. The van der Waals surface area contributed by atoms with Gasteiger partial charge >= 0.3 is 0 Å². The average molecular weight is 460 g/mol. The Hall–Kier alpha value is -3.06. The van der Waals surface area contributed by atoms with Crippen LogP contribution in [0.15, 0.2) is 42.5 Å². The topological polar surface area (TPSA) is 70.6 Å². The van der Waals surface area contributed by atoms with E-state index in [0.29, 0.717) is 23.2 Å². The lowest BCUT2D eigenvalue weighted by Gasteiger charge is -2.29. The van der Waals surface area contributed by atoms with Gasteiger partial charge in [-0.3, -0.25) is 19.3 Å². The molecule has 2 aromatic carbocycles. The summed E-state index contributed by atoms with van der Waals surface area (Å²) >= 11 is 1.64. The average Bonchev–Trinajstić information content (AvgIpc) is 3.55. The number of amides is 3. The van der Waals surface area contributed by atoms with Crippen molar-refractivity contribution in [1.29, 1.82) is 0 Å². The van der Waals surface area contributed by atoms with Gasteiger partial charge in [-0.1, -0.05) is 31.4 Å². The number of thiazole rings is 1. The molecule has 168 valence electrons. The van der Waals surface area contributed by atoms with Gasteiger partial charge < -0.3 is 4.90 Å². The molecule has 33 heavy (non-hydrogen) atoms. The van der Waals surface area contributed by atoms with Crippen molar-refractivity contribution in [3.8, 4) is 0 Å². The zero-order chi connectivity index (χ0) is 22.5. The number of hydrogen-bond acceptors (Lipinski definition) is 5. The molecule has 6 nitrogen and oxygen atoms in total. The molecule has 3 aromatic rings. The number of imide groups is 1. The van der Waals surface area contributed by atoms with Gasteiger partial charge in [0, 0.05) is 18.2 Å². The van der Waals surface area contributed by atoms with E-state index in [1.165, 1.54) is 4.90 Å². The van der Waals surface area contributed by atoms with Crippen LogP contribution in [-0.4, -0.2) is 45.1 Å². The zero-order valence-electron chi connectivity index (χ0n) is 18.3. The fourth-order valence-electron chi connectivity index (χ4n) is 5.53. The fraction of sp³-hybridized carbons (Fsp3) is 0.385. The van der Waals surface area contributed by atoms with E-state index in [2.05, 4.69) is 6.07 Å². The lowest BCUT2D eigenvalue weighted by Crippen LogP contribution is -2.40. The van der Waals surface area contributed by atoms with E-state index in [4.69, 9.17) is 4.98 Å². The minimum Gasteiger partial charge on any atom is -0.329 e. The molecule has 0 spiro atoms. The number of aromatic nitrogens is 1. The molecular formula is C26H25N3O3S. The van der Waals surface area contributed by atoms with Crippen molar-refractivity contribution >= 4 is 39.3 Å². The molecule has 2 aliphatic heterocycles. The molecule has 1 atom stereocenters. The molecule has 0 N–H and O–H groups in total. The predicted octanol–water partition coefficient (Wildman–Crippen LogP) is 5.20. The highest BCUT2D eigenvalue weighted by Crippen LogP contribution is 2.38. The number of hydrogen-bond donors (Lipinski definition) is 0. The number of likely N-dealkylation sites (tertiary alicyclic amines) is 1. The Bertz CT molecular complexity index is 1240. The number of benzene rings is 2. The molecule has 0 radical (unpaired) electrons. The number of rotatable bonds is 3. The van der Waals surface area contributed by atoms with Crippen molar-refractivity contribution in [2.75, 3.05) is 6.54 Å². The monoisotopic (exact) mass is 459 g/mol. The summed E-state index contributed by atoms with van der Waals surface area (Å²) in [4.78, 5) is 47.7. The number of fused-ring (bicyclic) bond motifs is 2. The molecule has 7 heteroatoms. The number of carbonyl (C=O) groups excluding carboxylic acids is 3. The molecule has 3 heterocycles. The maximum atomic E-state index is 13.5. The van der Waals surface area contributed by atoms with Crippen LogP contribution in [0, 0.1) is 0 Å². The molecule has 1 saturated carbocycles. The van der Waals surface area contributed by atoms with Crippen molar-refractivity contribution in [2.45, 2.75) is 57.0 Å². The van der Waals surface area contributed by atoms with Crippen LogP contribution in [0.4, 0.5) is 0 Å². The quantitative estimate of drug-likeness (QED) is 0.505. The Morgan fingerprint density at radius 2 is 1.70 bits per heavy atom. The third-order valence-corrected chi connectivity index (χ3v) is 8.35. The van der Waals surface area contributed by atoms with Crippen molar-refractivity contribution in [2.24, 2.45) is 0 Å². The summed E-state index contributed by atoms with van der Waals surface area (Å²) in [5.74, 6) is -0.564. The maximum Gasteiger partial charge on any atom is 0.261 e. The van der Waals surface area contributed by atoms with Gasteiger partial charge in [-0.2, -0.15) is 0 Å². The van der Waals surface area contributed by atoms with Crippen molar-refractivity contribution in [3.05, 3.63) is 64.2 Å². The second kappa shape index (κ2) is 8.06. The van der Waals surface area contributed by atoms with Gasteiger partial charge in [-0.15, -0.1) is 11.3 Å². The molecular weight excluding hydrogens is 434 g/mol. The van der Waals surface area contributed by atoms with Crippen LogP contribution in [0.2, 0.25) is 0 Å². The van der Waals surface area contributed by atoms with Crippen molar-refractivity contribution in [1.82, 2.24) is 14.8 Å². The molecule has 3 amide bonds. The van der Waals surface area contributed by atoms with Crippen LogP contribution >= 0.6 is 11.3 Å². The summed E-state index contributed by atoms with van der Waals surface area (Å²) in [6, 6.07) is 12.9. The van der Waals surface area contributed by atoms with Gasteiger partial charge in [0.15, 0.2) is 0 Å². The van der Waals surface area contributed by atoms with Crippen LogP contribution in [0.1, 0.15) is 87.1 Å². The molecule has 1 saturated heterocycles. The van der Waals surface area contributed by atoms with Gasteiger partial charge in [-0.05, 0) is 56.0 Å². The van der Waals surface area contributed by atoms with Gasteiger partial charge in [-0.25, -0.2) is 4.98 Å². The zero-order valence-corrected chi connectivity index (χ0v) is 19.1. The molecule has 3 aliphatic rings. The highest BCUT2D eigenvalue weighted by atomic mass is 32.1. The molecule has 6 rings (SSSR count). The third kappa shape index (κ3) is 3.37. The smallest absolute Gasteiger partial charge is 0.261 e. The minimum atomic E-state index is -0.249. The summed E-state index contributed by atoms with van der Waals surface area (Å²) < 4.78 is 1.12. The fourth-order valence-corrected chi connectivity index (χ4v) is 6.64. The lowest BCUT2D eigenvalue weighted by molar-refractivity contribution is 0.0548. The highest BCUT2D eigenvalue weighted by molar-refractivity contribution is 7.18. The maximum absolute atomic E-state index is 13.5. The van der Waals surface area contributed by atoms with E-state index in [0.717, 1.165) is 60.2 Å². The predicted molar refractivity (Wildman–Crippen MR) is 126 cm³/mol. The first-order chi connectivity index (χ1) is 16.1. The second-order valence-electron chi connectivity index (χ2n) is 9.21. The SMILES string of the molecule is O=C(c1ccc2c(c1)C(=O)N(C1CCCCC1)C2=O)N1CCCC1c1nc2ccccc2s1. The molecule has 1 aliphatic carbocycles. The van der Waals surface area contributed by atoms with Crippen LogP contribution in [0.25, 0.3) is 10.2 Å². The number of nitrogens with zero attached hydrogens (tertiary/aromatic N) is 3. The molecule has 2 fully saturated rings. The first kappa shape index (κ1) is 20.5. The Morgan fingerprint density at radius 3 is 2.52 bits per heavy atom. The summed E-state index contributed by atoms with van der Waals surface area (Å²) in [6.07, 6.45) is 6.79. The van der Waals surface area contributed by atoms with Crippen LogP contribution < -0.4 is 0 Å². The highest BCUT2D eigenvalue weighted by Gasteiger charge is 2.41. The lowest BCUT2D eigenvalue weighted by atomic mass is 9.94. The van der Waals surface area contributed by atoms with Crippen molar-refractivity contribution < 1.29 is 14.4 Å². The van der Waals surface area contributed by atoms with Crippen LogP contribution in [-0.2, 0) is 0 Å². The summed E-state index contributed by atoms with van der Waals surface area (Å²) in [7, 11) is 0. The Morgan fingerprint density at radius 1 is 0.909 bits per heavy atom. The first-order valence-corrected chi connectivity index (χ1v) is 12.6. The van der Waals surface area contributed by atoms with Gasteiger partial charge in [0.2, 0.25) is 0 Å². The van der Waals surface area contributed by atoms with E-state index >= 15 is 0 Å². The van der Waals surface area contributed by atoms with Gasteiger partial charge in [0.1, 0.15) is 5.01 Å². The molecule has 1 aromatic heterocycles. The summed E-state index contributed by atoms with van der Waals surface area (Å²) in [5, 5.41) is 0.956. The third-order valence-electron chi connectivity index (χ3n) is 7.21. The Labute approximate surface area is 196 Å². The largest absolute Gasteiger partial charge is 0.329 e. The van der Waals surface area contributed by atoms with Gasteiger partial charge in [0.25, 0.3) is 17.7 Å². The summed E-state index contributed by atoms with van der Waals surface area (Å²) in [5.41, 5.74) is 2.22. The number of para-hydroxylation sites is 1. The van der Waals surface area contributed by atoms with Crippen LogP contribution in [0.5, 0.6) is 0 Å². The van der Waals surface area contributed by atoms with E-state index < -0.39 is 0 Å². The Kier molecular flexibility index (Phi) is 5.02. The van der Waals surface area contributed by atoms with E-state index in [9.17, 15) is 14.4 Å². The van der Waals surface area contributed by atoms with Gasteiger partial charge in [0.05, 0.1) is 27.4 Å². The normalized spacial score (nSPS) is 21.3. The summed E-state index contributed by atoms with van der Waals surface area (Å²) in [6.45, 7) is 0.664. The van der Waals surface area contributed by atoms with E-state index in [-0.39, 0.29) is 29.8 Å². The van der Waals surface area contributed by atoms with Crippen molar-refractivity contribution in [3.63, 3.8) is 0 Å². The number of carbonyl (C=O) groups is 3. The van der Waals surface area contributed by atoms with E-state index in [1.807, 2.05) is 23.1 Å². The molecule has 1 unspecified atom stereocenters. The minimum absolute atomic E-state index is 0.0210. The first-order valence-electron chi connectivity index (χ1n) is 11.8. The second-order valence-corrected chi connectivity index (χ2v) is 10.3. The Balaban J connectivity index is 1.28.